The van der Waals surface area contributed by atoms with Crippen LogP contribution < -0.4 is 5.32 Å². The molecule has 1 N–H and O–H groups in total. The van der Waals surface area contributed by atoms with Gasteiger partial charge in [0.25, 0.3) is 5.91 Å². The quantitative estimate of drug-likeness (QED) is 0.826. The van der Waals surface area contributed by atoms with Crippen LogP contribution in [0.4, 0.5) is 10.1 Å². The maximum Gasteiger partial charge on any atom is 0.257 e. The zero-order valence-corrected chi connectivity index (χ0v) is 11.7. The van der Waals surface area contributed by atoms with Crippen molar-refractivity contribution in [3.05, 3.63) is 62.8 Å². The Labute approximate surface area is 124 Å². The molecule has 2 rings (SSSR count). The van der Waals surface area contributed by atoms with E-state index in [9.17, 15) is 9.18 Å². The Morgan fingerprint density at radius 1 is 1.00 bits per heavy atom. The molecule has 98 valence electrons. The van der Waals surface area contributed by atoms with Gasteiger partial charge in [0.2, 0.25) is 0 Å². The molecule has 0 aliphatic carbocycles. The molecule has 0 saturated carbocycles. The second-order valence-corrected chi connectivity index (χ2v) is 4.98. The Bertz CT molecular complexity index is 646. The Balaban J connectivity index is 2.30. The first-order valence-corrected chi connectivity index (χ1v) is 6.32. The summed E-state index contributed by atoms with van der Waals surface area (Å²) in [6, 6.07) is 8.32. The van der Waals surface area contributed by atoms with Gasteiger partial charge in [0.05, 0.1) is 16.3 Å². The zero-order chi connectivity index (χ0) is 14.0. The van der Waals surface area contributed by atoms with E-state index in [0.717, 1.165) is 6.07 Å². The predicted octanol–water partition coefficient (Wildman–Crippen LogP) is 5.04. The first kappa shape index (κ1) is 14.1. The predicted molar refractivity (Wildman–Crippen MR) is 75.8 cm³/mol. The topological polar surface area (TPSA) is 29.1 Å². The molecule has 0 heterocycles. The Morgan fingerprint density at radius 3 is 2.37 bits per heavy atom. The minimum atomic E-state index is -0.587. The molecular formula is C13H7Cl3FNO. The van der Waals surface area contributed by atoms with Gasteiger partial charge >= 0.3 is 0 Å². The number of rotatable bonds is 2. The van der Waals surface area contributed by atoms with Gasteiger partial charge in [-0.1, -0.05) is 34.8 Å². The molecule has 6 heteroatoms. The molecule has 0 bridgehead atoms. The van der Waals surface area contributed by atoms with Crippen molar-refractivity contribution in [1.29, 1.82) is 0 Å². The molecular weight excluding hydrogens is 312 g/mol. The number of benzene rings is 2. The zero-order valence-electron chi connectivity index (χ0n) is 9.38. The summed E-state index contributed by atoms with van der Waals surface area (Å²) in [6.07, 6.45) is 0. The molecule has 0 aromatic heterocycles. The molecule has 0 spiro atoms. The lowest BCUT2D eigenvalue weighted by Crippen LogP contribution is -2.13. The molecule has 0 saturated heterocycles. The number of anilines is 1. The number of halogens is 4. The number of amides is 1. The van der Waals surface area contributed by atoms with Gasteiger partial charge in [0.15, 0.2) is 0 Å². The number of nitrogens with one attached hydrogen (secondary N) is 1. The van der Waals surface area contributed by atoms with Crippen LogP contribution in [0, 0.1) is 5.82 Å². The van der Waals surface area contributed by atoms with E-state index in [2.05, 4.69) is 5.32 Å². The number of hydrogen-bond acceptors (Lipinski definition) is 1. The monoisotopic (exact) mass is 317 g/mol. The van der Waals surface area contributed by atoms with E-state index in [1.54, 1.807) is 6.07 Å². The van der Waals surface area contributed by atoms with E-state index >= 15 is 0 Å². The summed E-state index contributed by atoms with van der Waals surface area (Å²) in [5, 5.41) is 3.30. The van der Waals surface area contributed by atoms with E-state index < -0.39 is 11.7 Å². The second-order valence-electron chi connectivity index (χ2n) is 3.70. The highest BCUT2D eigenvalue weighted by Gasteiger charge is 2.13. The van der Waals surface area contributed by atoms with Crippen molar-refractivity contribution in [1.82, 2.24) is 0 Å². The van der Waals surface area contributed by atoms with Crippen LogP contribution in [0.25, 0.3) is 0 Å². The van der Waals surface area contributed by atoms with Crippen molar-refractivity contribution < 1.29 is 9.18 Å². The van der Waals surface area contributed by atoms with Crippen molar-refractivity contribution in [3.8, 4) is 0 Å². The molecule has 2 aromatic carbocycles. The number of carbonyl (C=O) groups is 1. The van der Waals surface area contributed by atoms with Gasteiger partial charge in [-0.15, -0.1) is 0 Å². The summed E-state index contributed by atoms with van der Waals surface area (Å²) in [5.74, 6) is -1.15. The fraction of sp³-hybridized carbons (Fsp3) is 0. The van der Waals surface area contributed by atoms with Crippen LogP contribution >= 0.6 is 34.8 Å². The van der Waals surface area contributed by atoms with Crippen LogP contribution in [0.1, 0.15) is 10.4 Å². The molecule has 1 amide bonds. The third-order valence-electron chi connectivity index (χ3n) is 2.35. The van der Waals surface area contributed by atoms with Gasteiger partial charge in [-0.05, 0) is 36.4 Å². The molecule has 0 aliphatic rings. The van der Waals surface area contributed by atoms with Gasteiger partial charge in [-0.2, -0.15) is 0 Å². The molecule has 0 unspecified atom stereocenters. The van der Waals surface area contributed by atoms with Gasteiger partial charge in [-0.25, -0.2) is 4.39 Å². The minimum Gasteiger partial charge on any atom is -0.319 e. The summed E-state index contributed by atoms with van der Waals surface area (Å²) < 4.78 is 13.5. The largest absolute Gasteiger partial charge is 0.319 e. The van der Waals surface area contributed by atoms with Crippen LogP contribution in [0.2, 0.25) is 15.1 Å². The standard InChI is InChI=1S/C13H7Cl3FNO/c14-7-1-3-10(16)9(5-7)13(19)18-12-6-8(15)2-4-11(12)17/h1-6H,(H,18,19). The Kier molecular flexibility index (Phi) is 4.30. The molecule has 2 aromatic rings. The summed E-state index contributed by atoms with van der Waals surface area (Å²) in [6.45, 7) is 0. The highest BCUT2D eigenvalue weighted by molar-refractivity contribution is 6.36. The van der Waals surface area contributed by atoms with Crippen LogP contribution in [-0.4, -0.2) is 5.91 Å². The lowest BCUT2D eigenvalue weighted by Gasteiger charge is -2.08. The highest BCUT2D eigenvalue weighted by Crippen LogP contribution is 2.24. The molecule has 0 fully saturated rings. The van der Waals surface area contributed by atoms with Crippen molar-refractivity contribution >= 4 is 46.4 Å². The smallest absolute Gasteiger partial charge is 0.257 e. The molecule has 0 atom stereocenters. The number of hydrogen-bond donors (Lipinski definition) is 1. The van der Waals surface area contributed by atoms with Crippen LogP contribution in [0.15, 0.2) is 36.4 Å². The van der Waals surface area contributed by atoms with Gasteiger partial charge in [-0.3, -0.25) is 4.79 Å². The second kappa shape index (κ2) is 5.78. The van der Waals surface area contributed by atoms with Crippen molar-refractivity contribution in [2.45, 2.75) is 0 Å². The normalized spacial score (nSPS) is 10.3. The van der Waals surface area contributed by atoms with E-state index in [1.165, 1.54) is 24.3 Å². The molecule has 0 radical (unpaired) electrons. The van der Waals surface area contributed by atoms with Gasteiger partial charge in [0, 0.05) is 10.0 Å². The first-order valence-electron chi connectivity index (χ1n) is 5.19. The highest BCUT2D eigenvalue weighted by atomic mass is 35.5. The summed E-state index contributed by atoms with van der Waals surface area (Å²) in [5.41, 5.74) is 0.141. The van der Waals surface area contributed by atoms with E-state index in [1.807, 2.05) is 0 Å². The average Bonchev–Trinajstić information content (AvgIpc) is 2.36. The fourth-order valence-corrected chi connectivity index (χ4v) is 2.00. The summed E-state index contributed by atoms with van der Waals surface area (Å²) in [4.78, 5) is 12.0. The van der Waals surface area contributed by atoms with Crippen LogP contribution in [0.3, 0.4) is 0 Å². The van der Waals surface area contributed by atoms with Gasteiger partial charge < -0.3 is 5.32 Å². The van der Waals surface area contributed by atoms with Crippen molar-refractivity contribution in [2.75, 3.05) is 5.32 Å². The van der Waals surface area contributed by atoms with Crippen LogP contribution in [0.5, 0.6) is 0 Å². The lowest BCUT2D eigenvalue weighted by molar-refractivity contribution is 0.102. The van der Waals surface area contributed by atoms with E-state index in [-0.39, 0.29) is 16.3 Å². The summed E-state index contributed by atoms with van der Waals surface area (Å²) >= 11 is 17.4. The molecule has 0 aliphatic heterocycles. The Hall–Kier alpha value is -1.29. The van der Waals surface area contributed by atoms with Gasteiger partial charge in [0.1, 0.15) is 5.82 Å². The third kappa shape index (κ3) is 3.38. The molecule has 19 heavy (non-hydrogen) atoms. The van der Waals surface area contributed by atoms with Crippen LogP contribution in [-0.2, 0) is 0 Å². The van der Waals surface area contributed by atoms with Crippen molar-refractivity contribution in [2.24, 2.45) is 0 Å². The van der Waals surface area contributed by atoms with E-state index in [4.69, 9.17) is 34.8 Å². The Morgan fingerprint density at radius 2 is 1.63 bits per heavy atom. The van der Waals surface area contributed by atoms with E-state index in [0.29, 0.717) is 10.0 Å². The lowest BCUT2D eigenvalue weighted by atomic mass is 10.2. The minimum absolute atomic E-state index is 0.0199. The van der Waals surface area contributed by atoms with Crippen molar-refractivity contribution in [3.63, 3.8) is 0 Å². The molecule has 2 nitrogen and oxygen atoms in total. The maximum atomic E-state index is 13.5. The fourth-order valence-electron chi connectivity index (χ4n) is 1.45. The number of carbonyl (C=O) groups excluding carboxylic acids is 1. The first-order chi connectivity index (χ1) is 8.97. The average molecular weight is 319 g/mol. The SMILES string of the molecule is O=C(Nc1cc(Cl)ccc1F)c1cc(Cl)ccc1Cl. The summed E-state index contributed by atoms with van der Waals surface area (Å²) in [7, 11) is 0. The maximum absolute atomic E-state index is 13.5. The third-order valence-corrected chi connectivity index (χ3v) is 3.15.